The maximum Gasteiger partial charge on any atom is 0.125 e. The number of methoxy groups -OCH3 is 1. The van der Waals surface area contributed by atoms with Crippen LogP contribution in [-0.4, -0.2) is 18.6 Å². The van der Waals surface area contributed by atoms with Gasteiger partial charge in [-0.15, -0.1) is 11.3 Å². The zero-order chi connectivity index (χ0) is 13.0. The van der Waals surface area contributed by atoms with E-state index in [1.165, 1.54) is 28.4 Å². The number of ether oxygens (including phenoxy) is 1. The Morgan fingerprint density at radius 2 is 2.17 bits per heavy atom. The van der Waals surface area contributed by atoms with Gasteiger partial charge in [-0.05, 0) is 38.6 Å². The smallest absolute Gasteiger partial charge is 0.125 e. The first kappa shape index (κ1) is 14.0. The van der Waals surface area contributed by atoms with Crippen molar-refractivity contribution in [2.75, 3.05) is 13.7 Å². The summed E-state index contributed by atoms with van der Waals surface area (Å²) < 4.78 is 5.73. The predicted octanol–water partition coefficient (Wildman–Crippen LogP) is 3.23. The fourth-order valence-corrected chi connectivity index (χ4v) is 3.72. The van der Waals surface area contributed by atoms with Gasteiger partial charge in [-0.25, -0.2) is 4.98 Å². The molecule has 1 aromatic rings. The van der Waals surface area contributed by atoms with E-state index in [1.807, 2.05) is 18.4 Å². The first-order valence-corrected chi connectivity index (χ1v) is 7.82. The van der Waals surface area contributed by atoms with Gasteiger partial charge in [0.15, 0.2) is 0 Å². The molecule has 1 aliphatic carbocycles. The molecule has 1 heterocycles. The first-order chi connectivity index (χ1) is 8.75. The Bertz CT molecular complexity index is 380. The number of hydrogen-bond donors (Lipinski definition) is 1. The van der Waals surface area contributed by atoms with Gasteiger partial charge in [0.2, 0.25) is 0 Å². The molecule has 0 radical (unpaired) electrons. The highest BCUT2D eigenvalue weighted by Gasteiger charge is 2.42. The molecule has 18 heavy (non-hydrogen) atoms. The van der Waals surface area contributed by atoms with Crippen LogP contribution >= 0.6 is 11.3 Å². The molecule has 0 spiro atoms. The molecule has 0 aromatic carbocycles. The third-order valence-electron chi connectivity index (χ3n) is 3.77. The number of aryl methyl sites for hydroxylation is 1. The molecular formula is C14H24N2OS. The van der Waals surface area contributed by atoms with Crippen LogP contribution in [0.3, 0.4) is 0 Å². The van der Waals surface area contributed by atoms with Gasteiger partial charge in [0.05, 0.1) is 5.69 Å². The van der Waals surface area contributed by atoms with Gasteiger partial charge in [-0.3, -0.25) is 0 Å². The zero-order valence-electron chi connectivity index (χ0n) is 11.7. The largest absolute Gasteiger partial charge is 0.371 e. The summed E-state index contributed by atoms with van der Waals surface area (Å²) in [6, 6.07) is 0. The van der Waals surface area contributed by atoms with Gasteiger partial charge in [-0.2, -0.15) is 0 Å². The third-order valence-corrected chi connectivity index (χ3v) is 5.05. The van der Waals surface area contributed by atoms with Crippen molar-refractivity contribution in [3.05, 3.63) is 15.6 Å². The molecule has 0 atom stereocenters. The maximum absolute atomic E-state index is 5.73. The van der Waals surface area contributed by atoms with Crippen LogP contribution < -0.4 is 5.32 Å². The lowest BCUT2D eigenvalue weighted by molar-refractivity contribution is -0.0780. The first-order valence-electron chi connectivity index (χ1n) is 7.00. The number of nitrogens with one attached hydrogen (secondary N) is 1. The van der Waals surface area contributed by atoms with Crippen LogP contribution in [0, 0.1) is 0 Å². The lowest BCUT2D eigenvalue weighted by Gasteiger charge is -2.38. The van der Waals surface area contributed by atoms with Crippen molar-refractivity contribution in [3.8, 4) is 0 Å². The molecule has 1 aromatic heterocycles. The minimum Gasteiger partial charge on any atom is -0.371 e. The summed E-state index contributed by atoms with van der Waals surface area (Å²) in [7, 11) is 1.82. The van der Waals surface area contributed by atoms with E-state index in [0.29, 0.717) is 0 Å². The second-order valence-electron chi connectivity index (χ2n) is 4.97. The summed E-state index contributed by atoms with van der Waals surface area (Å²) in [5.41, 5.74) is 1.19. The summed E-state index contributed by atoms with van der Waals surface area (Å²) in [6.07, 6.45) is 5.71. The van der Waals surface area contributed by atoms with E-state index >= 15 is 0 Å². The number of nitrogens with zero attached hydrogens (tertiary/aromatic N) is 1. The van der Waals surface area contributed by atoms with Crippen LogP contribution in [0.25, 0.3) is 0 Å². The summed E-state index contributed by atoms with van der Waals surface area (Å²) in [6.45, 7) is 6.41. The highest BCUT2D eigenvalue weighted by Crippen LogP contribution is 2.46. The molecule has 0 aliphatic heterocycles. The van der Waals surface area contributed by atoms with Gasteiger partial charge in [-0.1, -0.05) is 13.8 Å². The molecule has 0 amide bonds. The van der Waals surface area contributed by atoms with E-state index in [4.69, 9.17) is 9.72 Å². The number of hydrogen-bond acceptors (Lipinski definition) is 4. The fourth-order valence-electron chi connectivity index (χ4n) is 2.37. The quantitative estimate of drug-likeness (QED) is 0.771. The highest BCUT2D eigenvalue weighted by molar-refractivity contribution is 7.11. The Labute approximate surface area is 114 Å². The number of thiazole rings is 1. The van der Waals surface area contributed by atoms with E-state index in [9.17, 15) is 0 Å². The van der Waals surface area contributed by atoms with Gasteiger partial charge in [0, 0.05) is 18.5 Å². The van der Waals surface area contributed by atoms with E-state index < -0.39 is 0 Å². The van der Waals surface area contributed by atoms with Crippen molar-refractivity contribution in [3.63, 3.8) is 0 Å². The summed E-state index contributed by atoms with van der Waals surface area (Å²) in [5.74, 6) is 0. The van der Waals surface area contributed by atoms with Crippen molar-refractivity contribution in [1.29, 1.82) is 0 Å². The maximum atomic E-state index is 5.73. The standard InChI is InChI=1S/C14H24N2OS/c1-4-9-15-10-12-11(5-2)16-13(18-12)14(17-3)7-6-8-14/h15H,4-10H2,1-3H3. The molecule has 4 heteroatoms. The second-order valence-corrected chi connectivity index (χ2v) is 6.05. The normalized spacial score (nSPS) is 17.7. The van der Waals surface area contributed by atoms with E-state index in [0.717, 1.165) is 32.4 Å². The average molecular weight is 268 g/mol. The minimum absolute atomic E-state index is 0.0579. The van der Waals surface area contributed by atoms with Crippen molar-refractivity contribution >= 4 is 11.3 Å². The van der Waals surface area contributed by atoms with Gasteiger partial charge in [0.1, 0.15) is 10.6 Å². The molecule has 1 fully saturated rings. The molecule has 0 bridgehead atoms. The Morgan fingerprint density at radius 1 is 1.39 bits per heavy atom. The Kier molecular flexibility index (Phi) is 4.76. The van der Waals surface area contributed by atoms with Crippen LogP contribution in [-0.2, 0) is 23.3 Å². The molecule has 3 nitrogen and oxygen atoms in total. The molecule has 0 saturated heterocycles. The Hall–Kier alpha value is -0.450. The fraction of sp³-hybridized carbons (Fsp3) is 0.786. The van der Waals surface area contributed by atoms with Crippen molar-refractivity contribution < 1.29 is 4.74 Å². The van der Waals surface area contributed by atoms with Crippen molar-refractivity contribution in [2.24, 2.45) is 0 Å². The monoisotopic (exact) mass is 268 g/mol. The van der Waals surface area contributed by atoms with E-state index in [1.54, 1.807) is 0 Å². The van der Waals surface area contributed by atoms with Crippen LogP contribution in [0.1, 0.15) is 55.1 Å². The molecule has 0 unspecified atom stereocenters. The summed E-state index contributed by atoms with van der Waals surface area (Å²) >= 11 is 1.84. The minimum atomic E-state index is -0.0579. The van der Waals surface area contributed by atoms with Crippen LogP contribution in [0.2, 0.25) is 0 Å². The topological polar surface area (TPSA) is 34.1 Å². The number of rotatable bonds is 7. The average Bonchev–Trinajstić information content (AvgIpc) is 2.72. The lowest BCUT2D eigenvalue weighted by atomic mass is 9.80. The second kappa shape index (κ2) is 6.13. The SMILES string of the molecule is CCCNCc1sc(C2(OC)CCC2)nc1CC. The Balaban J connectivity index is 2.12. The zero-order valence-corrected chi connectivity index (χ0v) is 12.5. The molecule has 102 valence electrons. The number of aromatic nitrogens is 1. The third kappa shape index (κ3) is 2.60. The predicted molar refractivity (Wildman–Crippen MR) is 76.0 cm³/mol. The molecular weight excluding hydrogens is 244 g/mol. The van der Waals surface area contributed by atoms with Gasteiger partial charge in [0.25, 0.3) is 0 Å². The highest BCUT2D eigenvalue weighted by atomic mass is 32.1. The summed E-state index contributed by atoms with van der Waals surface area (Å²) in [4.78, 5) is 6.22. The van der Waals surface area contributed by atoms with E-state index in [-0.39, 0.29) is 5.60 Å². The molecule has 1 N–H and O–H groups in total. The van der Waals surface area contributed by atoms with Gasteiger partial charge < -0.3 is 10.1 Å². The van der Waals surface area contributed by atoms with E-state index in [2.05, 4.69) is 19.2 Å². The summed E-state index contributed by atoms with van der Waals surface area (Å²) in [5, 5.41) is 4.67. The molecule has 1 aliphatic rings. The van der Waals surface area contributed by atoms with Gasteiger partial charge >= 0.3 is 0 Å². The van der Waals surface area contributed by atoms with Crippen LogP contribution in [0.4, 0.5) is 0 Å². The van der Waals surface area contributed by atoms with Crippen LogP contribution in [0.5, 0.6) is 0 Å². The van der Waals surface area contributed by atoms with Crippen LogP contribution in [0.15, 0.2) is 0 Å². The molecule has 2 rings (SSSR count). The molecule has 1 saturated carbocycles. The van der Waals surface area contributed by atoms with Crippen molar-refractivity contribution in [1.82, 2.24) is 10.3 Å². The van der Waals surface area contributed by atoms with Crippen molar-refractivity contribution in [2.45, 2.75) is 58.1 Å². The lowest BCUT2D eigenvalue weighted by Crippen LogP contribution is -2.35. The Morgan fingerprint density at radius 3 is 2.67 bits per heavy atom.